The fraction of sp³-hybridized carbons (Fsp3) is 0.548. The minimum atomic E-state index is -1.13. The second-order valence-corrected chi connectivity index (χ2v) is 16.6. The fourth-order valence-corrected chi connectivity index (χ4v) is 8.40. The van der Waals surface area contributed by atoms with Gasteiger partial charge < -0.3 is 35.8 Å². The number of benzene rings is 1. The van der Waals surface area contributed by atoms with E-state index in [1.54, 1.807) is 29.8 Å². The number of imidazole rings is 1. The van der Waals surface area contributed by atoms with E-state index in [4.69, 9.17) is 0 Å². The number of carbonyl (C=O) groups excluding carboxylic acids is 5. The van der Waals surface area contributed by atoms with E-state index in [1.807, 2.05) is 61.0 Å². The van der Waals surface area contributed by atoms with E-state index >= 15 is 0 Å². The van der Waals surface area contributed by atoms with Crippen LogP contribution in [0.15, 0.2) is 72.4 Å². The van der Waals surface area contributed by atoms with Crippen molar-refractivity contribution in [3.8, 4) is 0 Å². The number of aliphatic hydroxyl groups is 1. The van der Waals surface area contributed by atoms with Gasteiger partial charge in [-0.25, -0.2) is 4.98 Å². The van der Waals surface area contributed by atoms with Gasteiger partial charge in [0, 0.05) is 56.0 Å². The molecule has 4 atom stereocenters. The summed E-state index contributed by atoms with van der Waals surface area (Å²) >= 11 is 1.43. The fourth-order valence-electron chi connectivity index (χ4n) is 7.50. The van der Waals surface area contributed by atoms with Crippen molar-refractivity contribution in [2.24, 2.45) is 11.8 Å². The minimum Gasteiger partial charge on any atom is -0.390 e. The molecule has 5 amide bonds. The van der Waals surface area contributed by atoms with Crippen LogP contribution in [0, 0.1) is 11.8 Å². The van der Waals surface area contributed by atoms with Gasteiger partial charge in [0.1, 0.15) is 12.1 Å². The molecule has 2 aliphatic rings. The number of amides is 5. The summed E-state index contributed by atoms with van der Waals surface area (Å²) in [6.45, 7) is 5.17. The number of carbonyl (C=O) groups is 5. The van der Waals surface area contributed by atoms with Crippen LogP contribution in [0.5, 0.6) is 0 Å². The third-order valence-electron chi connectivity index (χ3n) is 10.5. The second-order valence-electron chi connectivity index (χ2n) is 15.6. The monoisotopic (exact) mass is 802 g/mol. The Kier molecular flexibility index (Phi) is 16.9. The van der Waals surface area contributed by atoms with Gasteiger partial charge in [0.15, 0.2) is 0 Å². The van der Waals surface area contributed by atoms with Gasteiger partial charge in [-0.1, -0.05) is 76.3 Å². The van der Waals surface area contributed by atoms with Crippen molar-refractivity contribution in [1.82, 2.24) is 35.8 Å². The Hall–Kier alpha value is -4.76. The highest BCUT2D eigenvalue weighted by atomic mass is 32.2. The molecule has 0 saturated heterocycles. The molecule has 5 rings (SSSR count). The predicted molar refractivity (Wildman–Crippen MR) is 219 cm³/mol. The number of aromatic nitrogens is 3. The Morgan fingerprint density at radius 2 is 1.68 bits per heavy atom. The number of nitrogens with one attached hydrogen (secondary N) is 4. The van der Waals surface area contributed by atoms with Crippen molar-refractivity contribution in [2.75, 3.05) is 23.7 Å². The lowest BCUT2D eigenvalue weighted by atomic mass is 9.83. The zero-order valence-electron chi connectivity index (χ0n) is 33.1. The predicted octanol–water partition coefficient (Wildman–Crippen LogP) is 3.78. The second kappa shape index (κ2) is 22.3. The van der Waals surface area contributed by atoms with Crippen molar-refractivity contribution in [1.29, 1.82) is 0 Å². The number of aryl methyl sites for hydroxylation is 1. The SMILES string of the molecule is CC(C)C[C@H](NC(=O)[C@H](Cc1ccccc1)NC(=O)CCN1C(=O)CSc2ccncc21)C(=O)N[C@@H](CC1CCCCC1)[C@@H](O)CC(=O)NCCCn1ccnc1. The molecular weight excluding hydrogens is 745 g/mol. The Morgan fingerprint density at radius 1 is 0.912 bits per heavy atom. The number of fused-ring (bicyclic) bond motifs is 1. The average Bonchev–Trinajstić information content (AvgIpc) is 3.73. The van der Waals surface area contributed by atoms with E-state index in [0.717, 1.165) is 42.6 Å². The van der Waals surface area contributed by atoms with E-state index in [2.05, 4.69) is 31.2 Å². The summed E-state index contributed by atoms with van der Waals surface area (Å²) in [5.74, 6) is -1.22. The summed E-state index contributed by atoms with van der Waals surface area (Å²) in [5.41, 5.74) is 1.48. The number of thioether (sulfide) groups is 1. The molecule has 2 aromatic heterocycles. The first-order chi connectivity index (χ1) is 27.5. The Bertz CT molecular complexity index is 1750. The van der Waals surface area contributed by atoms with Crippen LogP contribution in [-0.2, 0) is 36.9 Å². The molecule has 5 N–H and O–H groups in total. The molecule has 0 radical (unpaired) electrons. The summed E-state index contributed by atoms with van der Waals surface area (Å²) in [4.78, 5) is 78.0. The number of aliphatic hydroxyl groups excluding tert-OH is 1. The van der Waals surface area contributed by atoms with Crippen molar-refractivity contribution in [3.63, 3.8) is 0 Å². The first kappa shape index (κ1) is 43.4. The Balaban J connectivity index is 1.24. The normalized spacial score (nSPS) is 16.6. The van der Waals surface area contributed by atoms with Crippen molar-refractivity contribution in [3.05, 3.63) is 73.1 Å². The lowest BCUT2D eigenvalue weighted by Gasteiger charge is -2.32. The maximum atomic E-state index is 14.1. The average molecular weight is 803 g/mol. The molecule has 1 aromatic carbocycles. The number of pyridine rings is 1. The summed E-state index contributed by atoms with van der Waals surface area (Å²) in [6, 6.07) is 8.48. The van der Waals surface area contributed by atoms with Crippen LogP contribution < -0.4 is 26.2 Å². The summed E-state index contributed by atoms with van der Waals surface area (Å²) < 4.78 is 1.93. The van der Waals surface area contributed by atoms with Gasteiger partial charge in [-0.2, -0.15) is 0 Å². The molecule has 0 bridgehead atoms. The maximum Gasteiger partial charge on any atom is 0.243 e. The molecule has 1 aliphatic heterocycles. The first-order valence-corrected chi connectivity index (χ1v) is 21.3. The zero-order chi connectivity index (χ0) is 40.6. The van der Waals surface area contributed by atoms with E-state index in [9.17, 15) is 29.1 Å². The molecule has 14 nitrogen and oxygen atoms in total. The van der Waals surface area contributed by atoms with Crippen LogP contribution in [0.4, 0.5) is 5.69 Å². The quantitative estimate of drug-likeness (QED) is 0.100. The molecule has 3 aromatic rings. The first-order valence-electron chi connectivity index (χ1n) is 20.3. The van der Waals surface area contributed by atoms with Gasteiger partial charge in [-0.05, 0) is 42.7 Å². The van der Waals surface area contributed by atoms with E-state index in [0.29, 0.717) is 44.0 Å². The molecule has 0 spiro atoms. The third-order valence-corrected chi connectivity index (χ3v) is 11.6. The molecular formula is C42H58N8O6S. The number of nitrogens with zero attached hydrogens (tertiary/aromatic N) is 4. The van der Waals surface area contributed by atoms with Crippen molar-refractivity contribution < 1.29 is 29.1 Å². The molecule has 1 saturated carbocycles. The van der Waals surface area contributed by atoms with Gasteiger partial charge in [0.2, 0.25) is 29.5 Å². The van der Waals surface area contributed by atoms with E-state index in [1.165, 1.54) is 11.8 Å². The van der Waals surface area contributed by atoms with Crippen molar-refractivity contribution >= 4 is 47.0 Å². The van der Waals surface area contributed by atoms with Gasteiger partial charge in [-0.3, -0.25) is 29.0 Å². The number of rotatable bonds is 21. The lowest BCUT2D eigenvalue weighted by Crippen LogP contribution is -2.57. The molecule has 308 valence electrons. The number of hydrogen-bond acceptors (Lipinski definition) is 9. The molecule has 57 heavy (non-hydrogen) atoms. The highest BCUT2D eigenvalue weighted by molar-refractivity contribution is 8.00. The highest BCUT2D eigenvalue weighted by Gasteiger charge is 2.33. The molecule has 1 fully saturated rings. The van der Waals surface area contributed by atoms with Crippen LogP contribution in [0.1, 0.15) is 83.6 Å². The highest BCUT2D eigenvalue weighted by Crippen LogP contribution is 2.34. The molecule has 1 aliphatic carbocycles. The summed E-state index contributed by atoms with van der Waals surface area (Å²) in [5, 5.41) is 23.1. The number of hydrogen-bond donors (Lipinski definition) is 5. The van der Waals surface area contributed by atoms with Gasteiger partial charge >= 0.3 is 0 Å². The minimum absolute atomic E-state index is 0.0237. The van der Waals surface area contributed by atoms with Crippen LogP contribution in [0.25, 0.3) is 0 Å². The molecule has 0 unspecified atom stereocenters. The molecule has 15 heteroatoms. The van der Waals surface area contributed by atoms with Crippen LogP contribution in [0.2, 0.25) is 0 Å². The molecule has 3 heterocycles. The maximum absolute atomic E-state index is 14.1. The lowest BCUT2D eigenvalue weighted by molar-refractivity contribution is -0.133. The van der Waals surface area contributed by atoms with Gasteiger partial charge in [0.05, 0.1) is 42.5 Å². The summed E-state index contributed by atoms with van der Waals surface area (Å²) in [6.07, 6.45) is 14.2. The topological polar surface area (TPSA) is 188 Å². The number of anilines is 1. The largest absolute Gasteiger partial charge is 0.390 e. The Morgan fingerprint density at radius 3 is 2.42 bits per heavy atom. The summed E-state index contributed by atoms with van der Waals surface area (Å²) in [7, 11) is 0. The third kappa shape index (κ3) is 14.0. The van der Waals surface area contributed by atoms with Crippen LogP contribution in [0.3, 0.4) is 0 Å². The van der Waals surface area contributed by atoms with Crippen LogP contribution >= 0.6 is 11.8 Å². The van der Waals surface area contributed by atoms with Crippen LogP contribution in [-0.4, -0.2) is 92.2 Å². The standard InChI is InChI=1S/C42H58N8O6S/c1-29(2)22-33(41(55)47-32(23-30-10-5-3-6-11-30)36(51)25-39(53)45-16-9-19-49-21-18-44-28-49)48-42(56)34(24-31-12-7-4-8-13-31)46-38(52)15-20-50-35-26-43-17-14-37(35)57-27-40(50)54/h4,7-8,12-14,17-18,21,26,28-30,32-34,36,51H,3,5-6,9-11,15-16,19-20,22-25,27H2,1-2H3,(H,45,53)(H,46,52)(H,47,55)(H,48,56)/t32-,33-,34-,36-/m0/s1. The zero-order valence-corrected chi connectivity index (χ0v) is 33.9. The smallest absolute Gasteiger partial charge is 0.243 e. The van der Waals surface area contributed by atoms with Gasteiger partial charge in [0.25, 0.3) is 0 Å². The van der Waals surface area contributed by atoms with E-state index < -0.39 is 42.0 Å². The van der Waals surface area contributed by atoms with E-state index in [-0.39, 0.29) is 49.3 Å². The van der Waals surface area contributed by atoms with Crippen molar-refractivity contribution in [2.45, 2.75) is 120 Å². The van der Waals surface area contributed by atoms with Gasteiger partial charge in [-0.15, -0.1) is 11.8 Å². The Labute approximate surface area is 339 Å².